The molecule has 1 aliphatic heterocycles. The fourth-order valence-corrected chi connectivity index (χ4v) is 4.58. The zero-order valence-electron chi connectivity index (χ0n) is 10.7. The number of benzene rings is 1. The Labute approximate surface area is 126 Å². The Kier molecular flexibility index (Phi) is 2.67. The minimum atomic E-state index is -0.101. The third kappa shape index (κ3) is 1.54. The molecular formula is C15H13Cl2NO2. The van der Waals surface area contributed by atoms with Crippen molar-refractivity contribution in [2.24, 2.45) is 23.7 Å². The molecule has 1 aromatic carbocycles. The van der Waals surface area contributed by atoms with Crippen molar-refractivity contribution < 1.29 is 9.59 Å². The predicted octanol–water partition coefficient (Wildman–Crippen LogP) is 3.53. The highest BCUT2D eigenvalue weighted by molar-refractivity contribution is 6.42. The first kappa shape index (κ1) is 12.7. The van der Waals surface area contributed by atoms with Gasteiger partial charge in [0.05, 0.1) is 27.6 Å². The molecule has 1 heterocycles. The van der Waals surface area contributed by atoms with Crippen molar-refractivity contribution in [3.8, 4) is 0 Å². The molecule has 2 aliphatic carbocycles. The number of amides is 2. The topological polar surface area (TPSA) is 37.4 Å². The fraction of sp³-hybridized carbons (Fsp3) is 0.467. The van der Waals surface area contributed by atoms with Crippen molar-refractivity contribution >= 4 is 40.7 Å². The van der Waals surface area contributed by atoms with Gasteiger partial charge in [-0.1, -0.05) is 23.2 Å². The lowest BCUT2D eigenvalue weighted by Crippen LogP contribution is -2.32. The second kappa shape index (κ2) is 4.22. The predicted molar refractivity (Wildman–Crippen MR) is 76.8 cm³/mol. The summed E-state index contributed by atoms with van der Waals surface area (Å²) >= 11 is 11.9. The molecule has 4 atom stereocenters. The number of carbonyl (C=O) groups excluding carboxylic acids is 2. The first-order chi connectivity index (χ1) is 9.58. The van der Waals surface area contributed by atoms with Gasteiger partial charge in [0, 0.05) is 0 Å². The van der Waals surface area contributed by atoms with Crippen LogP contribution in [0, 0.1) is 23.7 Å². The molecule has 2 amide bonds. The molecule has 1 saturated heterocycles. The molecule has 0 unspecified atom stereocenters. The lowest BCUT2D eigenvalue weighted by molar-refractivity contribution is -0.123. The van der Waals surface area contributed by atoms with Gasteiger partial charge in [0.15, 0.2) is 0 Å². The van der Waals surface area contributed by atoms with Gasteiger partial charge in [-0.3, -0.25) is 9.59 Å². The lowest BCUT2D eigenvalue weighted by atomic mass is 9.81. The van der Waals surface area contributed by atoms with Crippen molar-refractivity contribution in [1.29, 1.82) is 0 Å². The van der Waals surface area contributed by atoms with E-state index in [4.69, 9.17) is 23.2 Å². The number of imide groups is 1. The van der Waals surface area contributed by atoms with E-state index in [0.717, 1.165) is 19.3 Å². The molecule has 104 valence electrons. The van der Waals surface area contributed by atoms with Gasteiger partial charge in [0.1, 0.15) is 0 Å². The minimum Gasteiger partial charge on any atom is -0.274 e. The molecule has 0 N–H and O–H groups in total. The molecular weight excluding hydrogens is 297 g/mol. The maximum atomic E-state index is 12.6. The van der Waals surface area contributed by atoms with E-state index in [9.17, 15) is 9.59 Å². The Morgan fingerprint density at radius 1 is 0.950 bits per heavy atom. The summed E-state index contributed by atoms with van der Waals surface area (Å²) in [6.45, 7) is 0. The summed E-state index contributed by atoms with van der Waals surface area (Å²) in [4.78, 5) is 26.5. The number of halogens is 2. The maximum absolute atomic E-state index is 12.6. The molecule has 4 rings (SSSR count). The molecule has 0 aromatic heterocycles. The van der Waals surface area contributed by atoms with Gasteiger partial charge < -0.3 is 0 Å². The van der Waals surface area contributed by atoms with Crippen LogP contribution in [0.3, 0.4) is 0 Å². The van der Waals surface area contributed by atoms with Crippen LogP contribution in [0.5, 0.6) is 0 Å². The van der Waals surface area contributed by atoms with Gasteiger partial charge in [0.25, 0.3) is 0 Å². The Balaban J connectivity index is 1.74. The molecule has 0 radical (unpaired) electrons. The molecule has 0 spiro atoms. The first-order valence-electron chi connectivity index (χ1n) is 6.91. The fourth-order valence-electron chi connectivity index (χ4n) is 4.29. The largest absolute Gasteiger partial charge is 0.274 e. The SMILES string of the molecule is O=C1[C@@H]2[C@@H]3CC[C@H](C3)[C@@H]2C(=O)N1c1ccc(Cl)c(Cl)c1. The van der Waals surface area contributed by atoms with Crippen LogP contribution in [-0.4, -0.2) is 11.8 Å². The van der Waals surface area contributed by atoms with Crippen LogP contribution >= 0.6 is 23.2 Å². The van der Waals surface area contributed by atoms with Crippen molar-refractivity contribution in [3.05, 3.63) is 28.2 Å². The smallest absolute Gasteiger partial charge is 0.237 e. The Morgan fingerprint density at radius 2 is 1.55 bits per heavy atom. The van der Waals surface area contributed by atoms with Gasteiger partial charge in [-0.05, 0) is 49.3 Å². The number of rotatable bonds is 1. The zero-order chi connectivity index (χ0) is 14.0. The second-order valence-electron chi connectivity index (χ2n) is 6.00. The van der Waals surface area contributed by atoms with E-state index < -0.39 is 0 Å². The third-order valence-electron chi connectivity index (χ3n) is 5.09. The summed E-state index contributed by atoms with van der Waals surface area (Å²) in [6.07, 6.45) is 3.21. The minimum absolute atomic E-state index is 0.0504. The summed E-state index contributed by atoms with van der Waals surface area (Å²) in [5, 5.41) is 0.791. The molecule has 2 bridgehead atoms. The first-order valence-corrected chi connectivity index (χ1v) is 7.66. The van der Waals surface area contributed by atoms with Crippen LogP contribution in [0.15, 0.2) is 18.2 Å². The van der Waals surface area contributed by atoms with Gasteiger partial charge in [-0.25, -0.2) is 4.90 Å². The number of hydrogen-bond acceptors (Lipinski definition) is 2. The highest BCUT2D eigenvalue weighted by Crippen LogP contribution is 2.56. The average Bonchev–Trinajstić information content (AvgIpc) is 3.08. The van der Waals surface area contributed by atoms with Gasteiger partial charge in [-0.15, -0.1) is 0 Å². The molecule has 3 fully saturated rings. The van der Waals surface area contributed by atoms with E-state index in [1.165, 1.54) is 4.90 Å². The zero-order valence-corrected chi connectivity index (χ0v) is 12.2. The van der Waals surface area contributed by atoms with E-state index >= 15 is 0 Å². The molecule has 3 nitrogen and oxygen atoms in total. The Morgan fingerprint density at radius 3 is 2.10 bits per heavy atom. The molecule has 2 saturated carbocycles. The number of hydrogen-bond donors (Lipinski definition) is 0. The molecule has 5 heteroatoms. The van der Waals surface area contributed by atoms with Crippen LogP contribution in [0.4, 0.5) is 5.69 Å². The van der Waals surface area contributed by atoms with Crippen LogP contribution in [0.1, 0.15) is 19.3 Å². The van der Waals surface area contributed by atoms with E-state index in [0.29, 0.717) is 27.6 Å². The van der Waals surface area contributed by atoms with E-state index in [2.05, 4.69) is 0 Å². The van der Waals surface area contributed by atoms with Crippen molar-refractivity contribution in [1.82, 2.24) is 0 Å². The average molecular weight is 310 g/mol. The summed E-state index contributed by atoms with van der Waals surface area (Å²) in [7, 11) is 0. The third-order valence-corrected chi connectivity index (χ3v) is 5.83. The quantitative estimate of drug-likeness (QED) is 0.744. The van der Waals surface area contributed by atoms with Crippen molar-refractivity contribution in [2.45, 2.75) is 19.3 Å². The van der Waals surface area contributed by atoms with Crippen molar-refractivity contribution in [3.63, 3.8) is 0 Å². The number of fused-ring (bicyclic) bond motifs is 5. The summed E-state index contributed by atoms with van der Waals surface area (Å²) in [5.74, 6) is 0.492. The van der Waals surface area contributed by atoms with E-state index in [1.807, 2.05) is 0 Å². The van der Waals surface area contributed by atoms with Gasteiger partial charge >= 0.3 is 0 Å². The maximum Gasteiger partial charge on any atom is 0.237 e. The molecule has 1 aromatic rings. The molecule has 3 aliphatic rings. The van der Waals surface area contributed by atoms with Crippen LogP contribution in [0.2, 0.25) is 10.0 Å². The number of anilines is 1. The monoisotopic (exact) mass is 309 g/mol. The number of nitrogens with zero attached hydrogens (tertiary/aromatic N) is 1. The second-order valence-corrected chi connectivity index (χ2v) is 6.81. The summed E-state index contributed by atoms with van der Waals surface area (Å²) in [6, 6.07) is 4.91. The highest BCUT2D eigenvalue weighted by Gasteiger charge is 2.61. The standard InChI is InChI=1S/C15H13Cl2NO2/c16-10-4-3-9(6-11(10)17)18-14(19)12-7-1-2-8(5-7)13(12)15(18)20/h3-4,6-8,12-13H,1-2,5H2/t7-,8-,12-,13+/m1/s1. The molecule has 20 heavy (non-hydrogen) atoms. The van der Waals surface area contributed by atoms with Crippen molar-refractivity contribution in [2.75, 3.05) is 4.90 Å². The van der Waals surface area contributed by atoms with E-state index in [1.54, 1.807) is 18.2 Å². The lowest BCUT2D eigenvalue weighted by Gasteiger charge is -2.19. The highest BCUT2D eigenvalue weighted by atomic mass is 35.5. The van der Waals surface area contributed by atoms with E-state index in [-0.39, 0.29) is 23.7 Å². The summed E-state index contributed by atoms with van der Waals surface area (Å²) in [5.41, 5.74) is 0.545. The van der Waals surface area contributed by atoms with Crippen LogP contribution < -0.4 is 4.90 Å². The summed E-state index contributed by atoms with van der Waals surface area (Å²) < 4.78 is 0. The number of carbonyl (C=O) groups is 2. The van der Waals surface area contributed by atoms with Gasteiger partial charge in [0.2, 0.25) is 11.8 Å². The normalized spacial score (nSPS) is 35.0. The van der Waals surface area contributed by atoms with Crippen LogP contribution in [-0.2, 0) is 9.59 Å². The van der Waals surface area contributed by atoms with Crippen LogP contribution in [0.25, 0.3) is 0 Å². The Hall–Kier alpha value is -1.06. The van der Waals surface area contributed by atoms with Gasteiger partial charge in [-0.2, -0.15) is 0 Å². The Bertz CT molecular complexity index is 602.